The second-order valence-corrected chi connectivity index (χ2v) is 3.83. The first-order valence-corrected chi connectivity index (χ1v) is 5.57. The zero-order valence-electron chi connectivity index (χ0n) is 9.50. The van der Waals surface area contributed by atoms with Crippen LogP contribution in [0.2, 0.25) is 5.02 Å². The SMILES string of the molecule is CCOC(=O)Cc1cc(Cl)cc(CN)c1C#N. The first kappa shape index (κ1) is 13.5. The third-order valence-electron chi connectivity index (χ3n) is 2.24. The summed E-state index contributed by atoms with van der Waals surface area (Å²) >= 11 is 5.90. The van der Waals surface area contributed by atoms with E-state index in [0.717, 1.165) is 0 Å². The Balaban J connectivity index is 3.10. The van der Waals surface area contributed by atoms with Crippen LogP contribution < -0.4 is 5.73 Å². The van der Waals surface area contributed by atoms with Gasteiger partial charge < -0.3 is 10.5 Å². The Bertz CT molecular complexity index is 466. The van der Waals surface area contributed by atoms with Gasteiger partial charge in [-0.3, -0.25) is 4.79 Å². The van der Waals surface area contributed by atoms with E-state index < -0.39 is 0 Å². The maximum Gasteiger partial charge on any atom is 0.310 e. The molecule has 0 amide bonds. The van der Waals surface area contributed by atoms with Crippen molar-refractivity contribution in [2.24, 2.45) is 5.73 Å². The lowest BCUT2D eigenvalue weighted by Crippen LogP contribution is -2.10. The van der Waals surface area contributed by atoms with Crippen molar-refractivity contribution in [2.75, 3.05) is 6.61 Å². The second-order valence-electron chi connectivity index (χ2n) is 3.40. The van der Waals surface area contributed by atoms with Crippen LogP contribution in [0.5, 0.6) is 0 Å². The third-order valence-corrected chi connectivity index (χ3v) is 2.46. The molecule has 4 nitrogen and oxygen atoms in total. The lowest BCUT2D eigenvalue weighted by atomic mass is 9.99. The van der Waals surface area contributed by atoms with Crippen LogP contribution >= 0.6 is 11.6 Å². The standard InChI is InChI=1S/C12H13ClN2O2/c1-2-17-12(16)5-8-3-10(13)4-9(6-14)11(8)7-15/h3-4H,2,5-6,14H2,1H3. The van der Waals surface area contributed by atoms with Gasteiger partial charge in [-0.1, -0.05) is 11.6 Å². The number of hydrogen-bond donors (Lipinski definition) is 1. The highest BCUT2D eigenvalue weighted by atomic mass is 35.5. The van der Waals surface area contributed by atoms with Gasteiger partial charge >= 0.3 is 5.97 Å². The number of benzene rings is 1. The molecule has 0 unspecified atom stereocenters. The summed E-state index contributed by atoms with van der Waals surface area (Å²) in [6, 6.07) is 5.27. The zero-order valence-corrected chi connectivity index (χ0v) is 10.3. The molecule has 0 saturated heterocycles. The predicted octanol–water partition coefficient (Wildman–Crippen LogP) is 1.78. The van der Waals surface area contributed by atoms with Crippen LogP contribution in [-0.4, -0.2) is 12.6 Å². The van der Waals surface area contributed by atoms with Crippen molar-refractivity contribution in [1.29, 1.82) is 5.26 Å². The number of carbonyl (C=O) groups excluding carboxylic acids is 1. The summed E-state index contributed by atoms with van der Waals surface area (Å²) in [5.41, 5.74) is 7.13. The Morgan fingerprint density at radius 1 is 1.53 bits per heavy atom. The van der Waals surface area contributed by atoms with E-state index in [0.29, 0.717) is 28.3 Å². The van der Waals surface area contributed by atoms with Crippen molar-refractivity contribution in [3.8, 4) is 6.07 Å². The molecule has 2 N–H and O–H groups in total. The number of hydrogen-bond acceptors (Lipinski definition) is 4. The van der Waals surface area contributed by atoms with Gasteiger partial charge in [-0.25, -0.2) is 0 Å². The number of nitrogens with zero attached hydrogens (tertiary/aromatic N) is 1. The molecule has 0 aromatic heterocycles. The molecule has 0 aliphatic rings. The van der Waals surface area contributed by atoms with E-state index in [2.05, 4.69) is 0 Å². The summed E-state index contributed by atoms with van der Waals surface area (Å²) in [4.78, 5) is 11.4. The highest BCUT2D eigenvalue weighted by Crippen LogP contribution is 2.21. The Kier molecular flexibility index (Phi) is 4.95. The molecular weight excluding hydrogens is 240 g/mol. The van der Waals surface area contributed by atoms with E-state index in [4.69, 9.17) is 27.3 Å². The largest absolute Gasteiger partial charge is 0.466 e. The van der Waals surface area contributed by atoms with Crippen LogP contribution in [0.25, 0.3) is 0 Å². The molecule has 5 heteroatoms. The number of esters is 1. The third kappa shape index (κ3) is 3.45. The topological polar surface area (TPSA) is 76.1 Å². The van der Waals surface area contributed by atoms with E-state index in [1.807, 2.05) is 6.07 Å². The molecule has 0 aliphatic heterocycles. The molecule has 90 valence electrons. The maximum atomic E-state index is 11.4. The Morgan fingerprint density at radius 2 is 2.18 bits per heavy atom. The Labute approximate surface area is 105 Å². The summed E-state index contributed by atoms with van der Waals surface area (Å²) in [7, 11) is 0. The fourth-order valence-corrected chi connectivity index (χ4v) is 1.80. The fraction of sp³-hybridized carbons (Fsp3) is 0.333. The molecule has 1 aromatic carbocycles. The van der Waals surface area contributed by atoms with Crippen LogP contribution in [0.3, 0.4) is 0 Å². The van der Waals surface area contributed by atoms with Gasteiger partial charge in [0.25, 0.3) is 0 Å². The number of nitriles is 1. The molecule has 0 saturated carbocycles. The molecule has 0 aliphatic carbocycles. The van der Waals surface area contributed by atoms with Crippen LogP contribution in [0.4, 0.5) is 0 Å². The molecule has 0 atom stereocenters. The van der Waals surface area contributed by atoms with E-state index >= 15 is 0 Å². The first-order chi connectivity index (χ1) is 8.12. The van der Waals surface area contributed by atoms with Gasteiger partial charge in [0.05, 0.1) is 24.7 Å². The summed E-state index contributed by atoms with van der Waals surface area (Å²) in [5, 5.41) is 9.53. The zero-order chi connectivity index (χ0) is 12.8. The van der Waals surface area contributed by atoms with E-state index in [1.54, 1.807) is 19.1 Å². The van der Waals surface area contributed by atoms with Gasteiger partial charge in [0, 0.05) is 11.6 Å². The molecule has 0 bridgehead atoms. The average molecular weight is 253 g/mol. The van der Waals surface area contributed by atoms with Crippen molar-refractivity contribution in [3.63, 3.8) is 0 Å². The fourth-order valence-electron chi connectivity index (χ4n) is 1.54. The van der Waals surface area contributed by atoms with Gasteiger partial charge in [0.15, 0.2) is 0 Å². The lowest BCUT2D eigenvalue weighted by Gasteiger charge is -2.08. The minimum atomic E-state index is -0.380. The molecule has 1 aromatic rings. The minimum absolute atomic E-state index is 0.0320. The maximum absolute atomic E-state index is 11.4. The van der Waals surface area contributed by atoms with Crippen LogP contribution in [0.15, 0.2) is 12.1 Å². The van der Waals surface area contributed by atoms with Gasteiger partial charge in [0.2, 0.25) is 0 Å². The van der Waals surface area contributed by atoms with E-state index in [1.165, 1.54) is 0 Å². The molecule has 17 heavy (non-hydrogen) atoms. The van der Waals surface area contributed by atoms with E-state index in [9.17, 15) is 4.79 Å². The summed E-state index contributed by atoms with van der Waals surface area (Å²) in [5.74, 6) is -0.380. The van der Waals surface area contributed by atoms with Crippen molar-refractivity contribution < 1.29 is 9.53 Å². The number of nitrogens with two attached hydrogens (primary N) is 1. The quantitative estimate of drug-likeness (QED) is 0.829. The molecular formula is C12H13ClN2O2. The smallest absolute Gasteiger partial charge is 0.310 e. The number of rotatable bonds is 4. The highest BCUT2D eigenvalue weighted by molar-refractivity contribution is 6.30. The molecule has 0 heterocycles. The first-order valence-electron chi connectivity index (χ1n) is 5.19. The normalized spacial score (nSPS) is 9.76. The van der Waals surface area contributed by atoms with Gasteiger partial charge in [-0.2, -0.15) is 5.26 Å². The Morgan fingerprint density at radius 3 is 2.71 bits per heavy atom. The molecule has 0 radical (unpaired) electrons. The lowest BCUT2D eigenvalue weighted by molar-refractivity contribution is -0.142. The minimum Gasteiger partial charge on any atom is -0.466 e. The monoisotopic (exact) mass is 252 g/mol. The van der Waals surface area contributed by atoms with Gasteiger partial charge in [-0.05, 0) is 30.2 Å². The van der Waals surface area contributed by atoms with Crippen LogP contribution in [0, 0.1) is 11.3 Å². The van der Waals surface area contributed by atoms with Crippen molar-refractivity contribution in [3.05, 3.63) is 33.8 Å². The van der Waals surface area contributed by atoms with Gasteiger partial charge in [-0.15, -0.1) is 0 Å². The van der Waals surface area contributed by atoms with Crippen molar-refractivity contribution in [1.82, 2.24) is 0 Å². The predicted molar refractivity (Wildman–Crippen MR) is 64.4 cm³/mol. The van der Waals surface area contributed by atoms with Gasteiger partial charge in [0.1, 0.15) is 0 Å². The number of carbonyl (C=O) groups is 1. The summed E-state index contributed by atoms with van der Waals surface area (Å²) in [6.07, 6.45) is 0.0320. The molecule has 0 fully saturated rings. The van der Waals surface area contributed by atoms with E-state index in [-0.39, 0.29) is 18.9 Å². The van der Waals surface area contributed by atoms with Crippen LogP contribution in [-0.2, 0) is 22.5 Å². The Hall–Kier alpha value is -1.57. The number of halogens is 1. The number of ether oxygens (including phenoxy) is 1. The summed E-state index contributed by atoms with van der Waals surface area (Å²) in [6.45, 7) is 2.25. The molecule has 1 rings (SSSR count). The van der Waals surface area contributed by atoms with Crippen LogP contribution in [0.1, 0.15) is 23.6 Å². The summed E-state index contributed by atoms with van der Waals surface area (Å²) < 4.78 is 4.84. The second kappa shape index (κ2) is 6.24. The van der Waals surface area contributed by atoms with Crippen molar-refractivity contribution >= 4 is 17.6 Å². The average Bonchev–Trinajstić information content (AvgIpc) is 2.28. The molecule has 0 spiro atoms. The van der Waals surface area contributed by atoms with Crippen molar-refractivity contribution in [2.45, 2.75) is 19.9 Å². The highest BCUT2D eigenvalue weighted by Gasteiger charge is 2.13.